The maximum atomic E-state index is 13.1. The summed E-state index contributed by atoms with van der Waals surface area (Å²) in [6.07, 6.45) is 0. The number of benzene rings is 2. The molecule has 1 aromatic heterocycles. The van der Waals surface area contributed by atoms with Crippen LogP contribution in [0.5, 0.6) is 0 Å². The van der Waals surface area contributed by atoms with Gasteiger partial charge in [0.25, 0.3) is 11.6 Å². The summed E-state index contributed by atoms with van der Waals surface area (Å²) in [4.78, 5) is 26.6. The van der Waals surface area contributed by atoms with Crippen LogP contribution in [0.15, 0.2) is 42.5 Å². The zero-order chi connectivity index (χ0) is 15.7. The minimum absolute atomic E-state index is 0.0575. The summed E-state index contributed by atoms with van der Waals surface area (Å²) in [5.74, 6) is -1.03. The molecule has 0 saturated heterocycles. The number of nitro benzene ring substituents is 1. The Balaban J connectivity index is 1.91. The van der Waals surface area contributed by atoms with E-state index in [-0.39, 0.29) is 16.4 Å². The summed E-state index contributed by atoms with van der Waals surface area (Å²) in [5, 5.41) is 13.7. The van der Waals surface area contributed by atoms with Gasteiger partial charge in [-0.15, -0.1) is 0 Å². The number of amides is 1. The van der Waals surface area contributed by atoms with Gasteiger partial charge in [-0.3, -0.25) is 20.2 Å². The highest BCUT2D eigenvalue weighted by Gasteiger charge is 2.20. The van der Waals surface area contributed by atoms with Crippen LogP contribution >= 0.6 is 11.3 Å². The van der Waals surface area contributed by atoms with E-state index in [4.69, 9.17) is 0 Å². The molecule has 3 rings (SSSR count). The molecule has 3 aromatic rings. The highest BCUT2D eigenvalue weighted by molar-refractivity contribution is 7.22. The van der Waals surface area contributed by atoms with Crippen molar-refractivity contribution in [1.29, 1.82) is 0 Å². The SMILES string of the molecule is O=C(Nc1nc2ccc(F)cc2s1)c1ccccc1[N+](=O)[O-]. The summed E-state index contributed by atoms with van der Waals surface area (Å²) in [6, 6.07) is 9.72. The lowest BCUT2D eigenvalue weighted by molar-refractivity contribution is -0.385. The van der Waals surface area contributed by atoms with Crippen molar-refractivity contribution in [2.24, 2.45) is 0 Å². The van der Waals surface area contributed by atoms with Crippen LogP contribution in [0.3, 0.4) is 0 Å². The van der Waals surface area contributed by atoms with Crippen molar-refractivity contribution in [2.45, 2.75) is 0 Å². The second kappa shape index (κ2) is 5.49. The van der Waals surface area contributed by atoms with Gasteiger partial charge in [-0.2, -0.15) is 0 Å². The number of anilines is 1. The van der Waals surface area contributed by atoms with Gasteiger partial charge in [0.1, 0.15) is 11.4 Å². The van der Waals surface area contributed by atoms with Crippen LogP contribution in [0, 0.1) is 15.9 Å². The number of hydrogen-bond donors (Lipinski definition) is 1. The third-order valence-corrected chi connectivity index (χ3v) is 3.85. The number of thiazole rings is 1. The summed E-state index contributed by atoms with van der Waals surface area (Å²) in [5.41, 5.74) is 0.203. The number of nitro groups is 1. The minimum atomic E-state index is -0.633. The van der Waals surface area contributed by atoms with Crippen LogP contribution < -0.4 is 5.32 Å². The molecule has 1 heterocycles. The zero-order valence-corrected chi connectivity index (χ0v) is 11.8. The van der Waals surface area contributed by atoms with Gasteiger partial charge in [-0.05, 0) is 24.3 Å². The molecule has 0 atom stereocenters. The van der Waals surface area contributed by atoms with Crippen LogP contribution in [0.2, 0.25) is 0 Å². The Hall–Kier alpha value is -2.87. The molecule has 0 aliphatic carbocycles. The number of carbonyl (C=O) groups excluding carboxylic acids is 1. The van der Waals surface area contributed by atoms with Gasteiger partial charge in [0.05, 0.1) is 15.1 Å². The third kappa shape index (κ3) is 2.63. The number of halogens is 1. The lowest BCUT2D eigenvalue weighted by Gasteiger charge is -2.02. The molecule has 1 amide bonds. The molecule has 6 nitrogen and oxygen atoms in total. The standard InChI is InChI=1S/C14H8FN3O3S/c15-8-5-6-10-12(7-8)22-14(16-10)17-13(19)9-3-1-2-4-11(9)18(20)21/h1-7H,(H,16,17,19). The number of nitrogens with zero attached hydrogens (tertiary/aromatic N) is 2. The van der Waals surface area contributed by atoms with Crippen molar-refractivity contribution in [3.05, 3.63) is 64.0 Å². The predicted octanol–water partition coefficient (Wildman–Crippen LogP) is 3.60. The molecule has 0 fully saturated rings. The molecule has 0 aliphatic rings. The first-order valence-corrected chi connectivity index (χ1v) is 6.97. The molecule has 2 aromatic carbocycles. The van der Waals surface area contributed by atoms with Gasteiger partial charge >= 0.3 is 0 Å². The fraction of sp³-hybridized carbons (Fsp3) is 0. The van der Waals surface area contributed by atoms with Gasteiger partial charge in [0, 0.05) is 6.07 Å². The Bertz CT molecular complexity index is 894. The van der Waals surface area contributed by atoms with E-state index in [9.17, 15) is 19.3 Å². The molecule has 1 N–H and O–H groups in total. The highest BCUT2D eigenvalue weighted by atomic mass is 32.1. The van der Waals surface area contributed by atoms with Gasteiger partial charge in [-0.1, -0.05) is 23.5 Å². The number of hydrogen-bond acceptors (Lipinski definition) is 5. The van der Waals surface area contributed by atoms with E-state index in [1.807, 2.05) is 0 Å². The zero-order valence-electron chi connectivity index (χ0n) is 10.9. The van der Waals surface area contributed by atoms with Gasteiger partial charge < -0.3 is 0 Å². The number of fused-ring (bicyclic) bond motifs is 1. The lowest BCUT2D eigenvalue weighted by Crippen LogP contribution is -2.13. The van der Waals surface area contributed by atoms with Crippen LogP contribution in [-0.2, 0) is 0 Å². The van der Waals surface area contributed by atoms with Crippen molar-refractivity contribution in [1.82, 2.24) is 4.98 Å². The maximum Gasteiger partial charge on any atom is 0.282 e. The molecular weight excluding hydrogens is 309 g/mol. The molecule has 0 radical (unpaired) electrons. The fourth-order valence-electron chi connectivity index (χ4n) is 1.94. The molecule has 0 aliphatic heterocycles. The van der Waals surface area contributed by atoms with Crippen molar-refractivity contribution in [3.8, 4) is 0 Å². The summed E-state index contributed by atoms with van der Waals surface area (Å²) in [7, 11) is 0. The Morgan fingerprint density at radius 2 is 2.05 bits per heavy atom. The Morgan fingerprint density at radius 1 is 1.27 bits per heavy atom. The summed E-state index contributed by atoms with van der Waals surface area (Å²) < 4.78 is 13.7. The van der Waals surface area contributed by atoms with E-state index in [0.717, 1.165) is 11.3 Å². The molecule has 110 valence electrons. The molecule has 0 spiro atoms. The van der Waals surface area contributed by atoms with Gasteiger partial charge in [0.2, 0.25) is 0 Å². The van der Waals surface area contributed by atoms with Crippen LogP contribution in [0.25, 0.3) is 10.2 Å². The van der Waals surface area contributed by atoms with E-state index in [0.29, 0.717) is 10.2 Å². The third-order valence-electron chi connectivity index (χ3n) is 2.92. The second-order valence-corrected chi connectivity index (χ2v) is 5.39. The van der Waals surface area contributed by atoms with Crippen LogP contribution in [-0.4, -0.2) is 15.8 Å². The highest BCUT2D eigenvalue weighted by Crippen LogP contribution is 2.27. The first-order chi connectivity index (χ1) is 10.5. The van der Waals surface area contributed by atoms with Gasteiger partial charge in [-0.25, -0.2) is 9.37 Å². The first kappa shape index (κ1) is 14.1. The molecule has 8 heteroatoms. The number of aromatic nitrogens is 1. The van der Waals surface area contributed by atoms with Crippen LogP contribution in [0.4, 0.5) is 15.2 Å². The van der Waals surface area contributed by atoms with Crippen molar-refractivity contribution in [3.63, 3.8) is 0 Å². The Morgan fingerprint density at radius 3 is 2.82 bits per heavy atom. The van der Waals surface area contributed by atoms with Crippen molar-refractivity contribution >= 4 is 38.3 Å². The number of carbonyl (C=O) groups is 1. The fourth-order valence-corrected chi connectivity index (χ4v) is 2.83. The average molecular weight is 317 g/mol. The van der Waals surface area contributed by atoms with Gasteiger partial charge in [0.15, 0.2) is 5.13 Å². The topological polar surface area (TPSA) is 85.1 Å². The molecular formula is C14H8FN3O3S. The largest absolute Gasteiger partial charge is 0.298 e. The number of nitrogens with one attached hydrogen (secondary N) is 1. The Labute approximate surface area is 127 Å². The van der Waals surface area contributed by atoms with E-state index < -0.39 is 16.6 Å². The van der Waals surface area contributed by atoms with E-state index in [1.54, 1.807) is 0 Å². The molecule has 0 saturated carbocycles. The predicted molar refractivity (Wildman–Crippen MR) is 80.6 cm³/mol. The van der Waals surface area contributed by atoms with E-state index in [2.05, 4.69) is 10.3 Å². The second-order valence-electron chi connectivity index (χ2n) is 4.36. The number of rotatable bonds is 3. The van der Waals surface area contributed by atoms with E-state index in [1.165, 1.54) is 42.5 Å². The smallest absolute Gasteiger partial charge is 0.282 e. The lowest BCUT2D eigenvalue weighted by atomic mass is 10.1. The summed E-state index contributed by atoms with van der Waals surface area (Å²) >= 11 is 1.10. The molecule has 0 bridgehead atoms. The number of para-hydroxylation sites is 1. The normalized spacial score (nSPS) is 10.6. The van der Waals surface area contributed by atoms with Crippen molar-refractivity contribution < 1.29 is 14.1 Å². The average Bonchev–Trinajstić information content (AvgIpc) is 2.88. The Kier molecular flexibility index (Phi) is 3.51. The maximum absolute atomic E-state index is 13.1. The molecule has 22 heavy (non-hydrogen) atoms. The van der Waals surface area contributed by atoms with Crippen LogP contribution in [0.1, 0.15) is 10.4 Å². The minimum Gasteiger partial charge on any atom is -0.298 e. The quantitative estimate of drug-likeness (QED) is 0.591. The first-order valence-electron chi connectivity index (χ1n) is 6.15. The molecule has 0 unspecified atom stereocenters. The summed E-state index contributed by atoms with van der Waals surface area (Å²) in [6.45, 7) is 0. The van der Waals surface area contributed by atoms with Crippen molar-refractivity contribution in [2.75, 3.05) is 5.32 Å². The monoisotopic (exact) mass is 317 g/mol. The van der Waals surface area contributed by atoms with E-state index >= 15 is 0 Å².